The van der Waals surface area contributed by atoms with Crippen molar-refractivity contribution < 1.29 is 9.84 Å². The van der Waals surface area contributed by atoms with Crippen molar-refractivity contribution in [2.45, 2.75) is 32.8 Å². The Morgan fingerprint density at radius 1 is 1.05 bits per heavy atom. The van der Waals surface area contributed by atoms with E-state index < -0.39 is 5.60 Å². The van der Waals surface area contributed by atoms with Gasteiger partial charge in [0.15, 0.2) is 0 Å². The van der Waals surface area contributed by atoms with Gasteiger partial charge in [-0.1, -0.05) is 36.4 Å². The molecule has 2 rings (SSSR count). The average Bonchev–Trinajstić information content (AvgIpc) is 2.38. The summed E-state index contributed by atoms with van der Waals surface area (Å²) in [6.45, 7) is 6.29. The van der Waals surface area contributed by atoms with Crippen molar-refractivity contribution in [3.05, 3.63) is 65.2 Å². The smallest absolute Gasteiger partial charge is 0.119 e. The Labute approximate surface area is 121 Å². The molecule has 0 aliphatic carbocycles. The molecule has 20 heavy (non-hydrogen) atoms. The van der Waals surface area contributed by atoms with E-state index in [1.165, 1.54) is 11.1 Å². The fourth-order valence-corrected chi connectivity index (χ4v) is 2.10. The summed E-state index contributed by atoms with van der Waals surface area (Å²) in [4.78, 5) is 0. The number of hydrogen-bond donors (Lipinski definition) is 1. The first-order chi connectivity index (χ1) is 9.45. The number of hydrogen-bond acceptors (Lipinski definition) is 2. The van der Waals surface area contributed by atoms with Crippen molar-refractivity contribution in [1.29, 1.82) is 0 Å². The van der Waals surface area contributed by atoms with Crippen LogP contribution >= 0.6 is 0 Å². The highest BCUT2D eigenvalue weighted by atomic mass is 16.5. The summed E-state index contributed by atoms with van der Waals surface area (Å²) < 4.78 is 5.75. The molecule has 1 N–H and O–H groups in total. The van der Waals surface area contributed by atoms with Crippen molar-refractivity contribution in [3.8, 4) is 5.75 Å². The zero-order valence-corrected chi connectivity index (χ0v) is 12.4. The molecule has 0 bridgehead atoms. The van der Waals surface area contributed by atoms with E-state index in [-0.39, 0.29) is 0 Å². The lowest BCUT2D eigenvalue weighted by Gasteiger charge is -2.18. The van der Waals surface area contributed by atoms with Crippen LogP contribution in [0.5, 0.6) is 5.75 Å². The van der Waals surface area contributed by atoms with Gasteiger partial charge in [0, 0.05) is 6.42 Å². The highest BCUT2D eigenvalue weighted by molar-refractivity contribution is 5.29. The molecule has 0 aromatic heterocycles. The molecule has 0 saturated heterocycles. The predicted octanol–water partition coefficient (Wildman–Crippen LogP) is 3.84. The van der Waals surface area contributed by atoms with Crippen molar-refractivity contribution in [2.24, 2.45) is 0 Å². The Bertz CT molecular complexity index is 568. The molecule has 0 amide bonds. The van der Waals surface area contributed by atoms with Crippen molar-refractivity contribution in [2.75, 3.05) is 6.61 Å². The fraction of sp³-hybridized carbons (Fsp3) is 0.333. The highest BCUT2D eigenvalue weighted by Crippen LogP contribution is 2.20. The van der Waals surface area contributed by atoms with Gasteiger partial charge in [0.1, 0.15) is 5.75 Å². The summed E-state index contributed by atoms with van der Waals surface area (Å²) >= 11 is 0. The van der Waals surface area contributed by atoms with Gasteiger partial charge in [-0.15, -0.1) is 0 Å². The van der Waals surface area contributed by atoms with E-state index in [2.05, 4.69) is 19.1 Å². The highest BCUT2D eigenvalue weighted by Gasteiger charge is 2.15. The van der Waals surface area contributed by atoms with E-state index in [4.69, 9.17) is 4.74 Å². The minimum Gasteiger partial charge on any atom is -0.493 e. The standard InChI is InChI=1S/C18H22O2/c1-14-6-4-9-17(12-14)20-11-10-15-7-5-8-16(13-15)18(2,3)19/h4-9,12-13,19H,10-11H2,1-3H3. The molecule has 0 aliphatic heterocycles. The first kappa shape index (κ1) is 14.6. The van der Waals surface area contributed by atoms with Crippen LogP contribution < -0.4 is 4.74 Å². The maximum atomic E-state index is 10.0. The minimum absolute atomic E-state index is 0.638. The third kappa shape index (κ3) is 4.10. The van der Waals surface area contributed by atoms with E-state index in [0.29, 0.717) is 6.61 Å². The fourth-order valence-electron chi connectivity index (χ4n) is 2.10. The van der Waals surface area contributed by atoms with Crippen LogP contribution in [0.4, 0.5) is 0 Å². The quantitative estimate of drug-likeness (QED) is 0.894. The number of aryl methyl sites for hydroxylation is 1. The van der Waals surface area contributed by atoms with E-state index in [1.54, 1.807) is 13.8 Å². The Morgan fingerprint density at radius 2 is 1.80 bits per heavy atom. The van der Waals surface area contributed by atoms with Crippen LogP contribution in [0.1, 0.15) is 30.5 Å². The van der Waals surface area contributed by atoms with Gasteiger partial charge in [0.25, 0.3) is 0 Å². The second kappa shape index (κ2) is 6.10. The van der Waals surface area contributed by atoms with Crippen LogP contribution in [0.3, 0.4) is 0 Å². The van der Waals surface area contributed by atoms with Gasteiger partial charge in [0.05, 0.1) is 12.2 Å². The SMILES string of the molecule is Cc1cccc(OCCc2cccc(C(C)(C)O)c2)c1. The molecule has 0 unspecified atom stereocenters. The topological polar surface area (TPSA) is 29.5 Å². The number of benzene rings is 2. The van der Waals surface area contributed by atoms with Crippen molar-refractivity contribution in [3.63, 3.8) is 0 Å². The molecule has 0 spiro atoms. The largest absolute Gasteiger partial charge is 0.493 e. The summed E-state index contributed by atoms with van der Waals surface area (Å²) in [7, 11) is 0. The lowest BCUT2D eigenvalue weighted by Crippen LogP contribution is -2.15. The van der Waals surface area contributed by atoms with Crippen LogP contribution in [-0.2, 0) is 12.0 Å². The van der Waals surface area contributed by atoms with Gasteiger partial charge < -0.3 is 9.84 Å². The van der Waals surface area contributed by atoms with Gasteiger partial charge >= 0.3 is 0 Å². The van der Waals surface area contributed by atoms with Gasteiger partial charge in [-0.05, 0) is 49.6 Å². The van der Waals surface area contributed by atoms with Crippen LogP contribution in [0, 0.1) is 6.92 Å². The zero-order chi connectivity index (χ0) is 14.6. The molecule has 2 heteroatoms. The molecule has 2 aromatic rings. The van der Waals surface area contributed by atoms with E-state index in [1.807, 2.05) is 36.4 Å². The molecule has 0 saturated carbocycles. The summed E-state index contributed by atoms with van der Waals surface area (Å²) in [6.07, 6.45) is 0.831. The van der Waals surface area contributed by atoms with Gasteiger partial charge in [-0.25, -0.2) is 0 Å². The van der Waals surface area contributed by atoms with Gasteiger partial charge in [-0.2, -0.15) is 0 Å². The van der Waals surface area contributed by atoms with Gasteiger partial charge in [0.2, 0.25) is 0 Å². The van der Waals surface area contributed by atoms with Crippen molar-refractivity contribution in [1.82, 2.24) is 0 Å². The van der Waals surface area contributed by atoms with Crippen molar-refractivity contribution >= 4 is 0 Å². The first-order valence-electron chi connectivity index (χ1n) is 6.96. The Balaban J connectivity index is 1.94. The van der Waals surface area contributed by atoms with Gasteiger partial charge in [-0.3, -0.25) is 0 Å². The number of aliphatic hydroxyl groups is 1. The lowest BCUT2D eigenvalue weighted by molar-refractivity contribution is 0.0785. The maximum Gasteiger partial charge on any atom is 0.119 e. The van der Waals surface area contributed by atoms with Crippen LogP contribution in [0.15, 0.2) is 48.5 Å². The maximum absolute atomic E-state index is 10.0. The Hall–Kier alpha value is -1.80. The second-order valence-corrected chi connectivity index (χ2v) is 5.67. The van der Waals surface area contributed by atoms with E-state index in [9.17, 15) is 5.11 Å². The minimum atomic E-state index is -0.798. The van der Waals surface area contributed by atoms with E-state index >= 15 is 0 Å². The number of ether oxygens (including phenoxy) is 1. The monoisotopic (exact) mass is 270 g/mol. The summed E-state index contributed by atoms with van der Waals surface area (Å²) in [5.74, 6) is 0.906. The van der Waals surface area contributed by atoms with Crippen LogP contribution in [0.2, 0.25) is 0 Å². The zero-order valence-electron chi connectivity index (χ0n) is 12.4. The first-order valence-corrected chi connectivity index (χ1v) is 6.96. The second-order valence-electron chi connectivity index (χ2n) is 5.67. The molecule has 2 nitrogen and oxygen atoms in total. The van der Waals surface area contributed by atoms with Crippen LogP contribution in [-0.4, -0.2) is 11.7 Å². The summed E-state index contributed by atoms with van der Waals surface area (Å²) in [6, 6.07) is 16.1. The summed E-state index contributed by atoms with van der Waals surface area (Å²) in [5.41, 5.74) is 2.52. The normalized spacial score (nSPS) is 11.4. The molecule has 106 valence electrons. The third-order valence-electron chi connectivity index (χ3n) is 3.28. The average molecular weight is 270 g/mol. The third-order valence-corrected chi connectivity index (χ3v) is 3.28. The Kier molecular flexibility index (Phi) is 4.46. The molecule has 0 fully saturated rings. The summed E-state index contributed by atoms with van der Waals surface area (Å²) in [5, 5.41) is 10.0. The Morgan fingerprint density at radius 3 is 2.50 bits per heavy atom. The lowest BCUT2D eigenvalue weighted by atomic mass is 9.96. The molecular weight excluding hydrogens is 248 g/mol. The molecule has 2 aromatic carbocycles. The predicted molar refractivity (Wildman–Crippen MR) is 82.1 cm³/mol. The molecular formula is C18H22O2. The van der Waals surface area contributed by atoms with Crippen LogP contribution in [0.25, 0.3) is 0 Å². The molecule has 0 aliphatic rings. The molecule has 0 radical (unpaired) electrons. The van der Waals surface area contributed by atoms with E-state index in [0.717, 1.165) is 17.7 Å². The number of rotatable bonds is 5. The molecule has 0 atom stereocenters. The molecule has 0 heterocycles.